The lowest BCUT2D eigenvalue weighted by molar-refractivity contribution is -0.116. The van der Waals surface area contributed by atoms with Crippen LogP contribution < -0.4 is 10.6 Å². The first-order valence-electron chi connectivity index (χ1n) is 6.58. The second kappa shape index (κ2) is 6.89. The van der Waals surface area contributed by atoms with Crippen LogP contribution >= 0.6 is 11.6 Å². The van der Waals surface area contributed by atoms with Gasteiger partial charge in [-0.05, 0) is 31.9 Å². The molecule has 1 aromatic rings. The number of hydrogen-bond donors (Lipinski definition) is 2. The molecular weight excluding hydrogens is 264 g/mol. The van der Waals surface area contributed by atoms with Gasteiger partial charge in [-0.2, -0.15) is 0 Å². The van der Waals surface area contributed by atoms with Gasteiger partial charge in [0.1, 0.15) is 0 Å². The molecule has 1 saturated carbocycles. The van der Waals surface area contributed by atoms with E-state index in [4.69, 9.17) is 16.3 Å². The minimum absolute atomic E-state index is 0.0760. The molecule has 0 unspecified atom stereocenters. The van der Waals surface area contributed by atoms with E-state index in [9.17, 15) is 4.79 Å². The zero-order valence-electron chi connectivity index (χ0n) is 11.0. The van der Waals surface area contributed by atoms with Crippen LogP contribution in [-0.2, 0) is 9.53 Å². The standard InChI is InChI=1S/C14H19ClN2O2/c1-2-19-11-7-10(8-11)16-9-14(18)17-13-6-4-3-5-12(13)15/h3-6,10-11,16H,2,7-9H2,1H3,(H,17,18). The second-order valence-electron chi connectivity index (χ2n) is 4.65. The molecule has 0 spiro atoms. The zero-order valence-corrected chi connectivity index (χ0v) is 11.7. The molecule has 5 heteroatoms. The smallest absolute Gasteiger partial charge is 0.238 e. The van der Waals surface area contributed by atoms with Crippen molar-refractivity contribution in [1.29, 1.82) is 0 Å². The van der Waals surface area contributed by atoms with Crippen molar-refractivity contribution in [2.24, 2.45) is 0 Å². The molecule has 0 aromatic heterocycles. The molecule has 19 heavy (non-hydrogen) atoms. The summed E-state index contributed by atoms with van der Waals surface area (Å²) in [4.78, 5) is 11.8. The number of anilines is 1. The van der Waals surface area contributed by atoms with Crippen molar-refractivity contribution in [2.45, 2.75) is 31.9 Å². The van der Waals surface area contributed by atoms with E-state index in [0.29, 0.717) is 29.4 Å². The van der Waals surface area contributed by atoms with Crippen molar-refractivity contribution >= 4 is 23.2 Å². The summed E-state index contributed by atoms with van der Waals surface area (Å²) in [5.74, 6) is -0.0760. The van der Waals surface area contributed by atoms with Crippen LogP contribution in [0.2, 0.25) is 5.02 Å². The van der Waals surface area contributed by atoms with Gasteiger partial charge in [-0.25, -0.2) is 0 Å². The molecule has 2 rings (SSSR count). The quantitative estimate of drug-likeness (QED) is 0.843. The summed E-state index contributed by atoms with van der Waals surface area (Å²) in [6, 6.07) is 7.60. The molecule has 1 aliphatic carbocycles. The monoisotopic (exact) mass is 282 g/mol. The van der Waals surface area contributed by atoms with Gasteiger partial charge in [0.2, 0.25) is 5.91 Å². The molecule has 1 aromatic carbocycles. The SMILES string of the molecule is CCOC1CC(NCC(=O)Nc2ccccc2Cl)C1. The Hall–Kier alpha value is -1.10. The molecule has 1 aliphatic rings. The van der Waals surface area contributed by atoms with Crippen molar-refractivity contribution < 1.29 is 9.53 Å². The summed E-state index contributed by atoms with van der Waals surface area (Å²) >= 11 is 5.97. The minimum atomic E-state index is -0.0760. The van der Waals surface area contributed by atoms with Gasteiger partial charge in [-0.1, -0.05) is 23.7 Å². The Morgan fingerprint density at radius 3 is 2.84 bits per heavy atom. The third-order valence-electron chi connectivity index (χ3n) is 3.20. The molecule has 4 nitrogen and oxygen atoms in total. The van der Waals surface area contributed by atoms with E-state index in [1.807, 2.05) is 19.1 Å². The maximum absolute atomic E-state index is 11.8. The van der Waals surface area contributed by atoms with Crippen molar-refractivity contribution in [1.82, 2.24) is 5.32 Å². The number of rotatable bonds is 6. The maximum atomic E-state index is 11.8. The number of carbonyl (C=O) groups excluding carboxylic acids is 1. The molecule has 1 fully saturated rings. The summed E-state index contributed by atoms with van der Waals surface area (Å²) in [5, 5.41) is 6.55. The number of hydrogen-bond acceptors (Lipinski definition) is 3. The van der Waals surface area contributed by atoms with E-state index in [1.165, 1.54) is 0 Å². The lowest BCUT2D eigenvalue weighted by atomic mass is 9.89. The third kappa shape index (κ3) is 4.20. The molecule has 1 amide bonds. The summed E-state index contributed by atoms with van der Waals surface area (Å²) in [6.07, 6.45) is 2.31. The van der Waals surface area contributed by atoms with E-state index in [-0.39, 0.29) is 5.91 Å². The molecule has 104 valence electrons. The fraction of sp³-hybridized carbons (Fsp3) is 0.500. The van der Waals surface area contributed by atoms with Crippen LogP contribution in [0.3, 0.4) is 0 Å². The van der Waals surface area contributed by atoms with E-state index in [2.05, 4.69) is 10.6 Å². The number of carbonyl (C=O) groups is 1. The van der Waals surface area contributed by atoms with E-state index in [0.717, 1.165) is 19.4 Å². The molecular formula is C14H19ClN2O2. The second-order valence-corrected chi connectivity index (χ2v) is 5.06. The Kier molecular flexibility index (Phi) is 5.19. The van der Waals surface area contributed by atoms with Crippen LogP contribution in [0.1, 0.15) is 19.8 Å². The first-order chi connectivity index (χ1) is 9.19. The van der Waals surface area contributed by atoms with Crippen molar-refractivity contribution in [3.05, 3.63) is 29.3 Å². The van der Waals surface area contributed by atoms with Crippen molar-refractivity contribution in [3.8, 4) is 0 Å². The van der Waals surface area contributed by atoms with E-state index < -0.39 is 0 Å². The Bertz CT molecular complexity index is 433. The van der Waals surface area contributed by atoms with Gasteiger partial charge in [0.25, 0.3) is 0 Å². The number of amides is 1. The molecule has 0 atom stereocenters. The highest BCUT2D eigenvalue weighted by molar-refractivity contribution is 6.33. The number of para-hydroxylation sites is 1. The molecule has 0 radical (unpaired) electrons. The van der Waals surface area contributed by atoms with E-state index in [1.54, 1.807) is 12.1 Å². The molecule has 0 saturated heterocycles. The molecule has 0 aliphatic heterocycles. The predicted octanol–water partition coefficient (Wildman–Crippen LogP) is 2.44. The van der Waals surface area contributed by atoms with Crippen LogP contribution in [0, 0.1) is 0 Å². The Morgan fingerprint density at radius 2 is 2.16 bits per heavy atom. The highest BCUT2D eigenvalue weighted by Gasteiger charge is 2.29. The maximum Gasteiger partial charge on any atom is 0.238 e. The lowest BCUT2D eigenvalue weighted by Gasteiger charge is -2.35. The third-order valence-corrected chi connectivity index (χ3v) is 3.53. The minimum Gasteiger partial charge on any atom is -0.378 e. The van der Waals surface area contributed by atoms with Crippen molar-refractivity contribution in [2.75, 3.05) is 18.5 Å². The van der Waals surface area contributed by atoms with Gasteiger partial charge in [0, 0.05) is 12.6 Å². The number of nitrogens with one attached hydrogen (secondary N) is 2. The molecule has 0 bridgehead atoms. The Balaban J connectivity index is 1.67. The predicted molar refractivity (Wildman–Crippen MR) is 76.5 cm³/mol. The number of halogens is 1. The van der Waals surface area contributed by atoms with Crippen LogP contribution in [0.4, 0.5) is 5.69 Å². The Labute approximate surface area is 118 Å². The van der Waals surface area contributed by atoms with Crippen LogP contribution in [0.15, 0.2) is 24.3 Å². The first kappa shape index (κ1) is 14.3. The summed E-state index contributed by atoms with van der Waals surface area (Å²) < 4.78 is 5.47. The summed E-state index contributed by atoms with van der Waals surface area (Å²) in [6.45, 7) is 3.05. The van der Waals surface area contributed by atoms with Crippen molar-refractivity contribution in [3.63, 3.8) is 0 Å². The topological polar surface area (TPSA) is 50.4 Å². The fourth-order valence-corrected chi connectivity index (χ4v) is 2.28. The Morgan fingerprint density at radius 1 is 1.42 bits per heavy atom. The largest absolute Gasteiger partial charge is 0.378 e. The van der Waals surface area contributed by atoms with Gasteiger partial charge in [0.05, 0.1) is 23.4 Å². The average molecular weight is 283 g/mol. The van der Waals surface area contributed by atoms with Gasteiger partial charge < -0.3 is 15.4 Å². The van der Waals surface area contributed by atoms with E-state index >= 15 is 0 Å². The number of ether oxygens (including phenoxy) is 1. The highest BCUT2D eigenvalue weighted by Crippen LogP contribution is 2.23. The lowest BCUT2D eigenvalue weighted by Crippen LogP contribution is -2.47. The van der Waals surface area contributed by atoms with Gasteiger partial charge in [-0.3, -0.25) is 4.79 Å². The molecule has 2 N–H and O–H groups in total. The van der Waals surface area contributed by atoms with Gasteiger partial charge >= 0.3 is 0 Å². The highest BCUT2D eigenvalue weighted by atomic mass is 35.5. The molecule has 0 heterocycles. The van der Waals surface area contributed by atoms with Gasteiger partial charge in [-0.15, -0.1) is 0 Å². The van der Waals surface area contributed by atoms with Crippen LogP contribution in [0.25, 0.3) is 0 Å². The first-order valence-corrected chi connectivity index (χ1v) is 6.96. The normalized spacial score (nSPS) is 21.8. The summed E-state index contributed by atoms with van der Waals surface area (Å²) in [5.41, 5.74) is 0.650. The van der Waals surface area contributed by atoms with Crippen LogP contribution in [-0.4, -0.2) is 31.2 Å². The zero-order chi connectivity index (χ0) is 13.7. The van der Waals surface area contributed by atoms with Gasteiger partial charge in [0.15, 0.2) is 0 Å². The number of benzene rings is 1. The average Bonchev–Trinajstić information content (AvgIpc) is 2.35. The summed E-state index contributed by atoms with van der Waals surface area (Å²) in [7, 11) is 0. The fourth-order valence-electron chi connectivity index (χ4n) is 2.10. The van der Waals surface area contributed by atoms with Crippen LogP contribution in [0.5, 0.6) is 0 Å².